The van der Waals surface area contributed by atoms with Gasteiger partial charge in [0.2, 0.25) is 0 Å². The molecule has 0 atom stereocenters. The molecule has 1 aliphatic carbocycles. The zero-order valence-corrected chi connectivity index (χ0v) is 12.8. The molecule has 1 aromatic rings. The monoisotopic (exact) mass is 273 g/mol. The molecular formula is C17H27N3. The summed E-state index contributed by atoms with van der Waals surface area (Å²) in [6.07, 6.45) is 7.66. The van der Waals surface area contributed by atoms with E-state index in [0.717, 1.165) is 18.9 Å². The molecule has 2 rings (SSSR count). The number of hydrogen-bond acceptors (Lipinski definition) is 1. The van der Waals surface area contributed by atoms with Gasteiger partial charge in [-0.2, -0.15) is 0 Å². The largest absolute Gasteiger partial charge is 0.356 e. The Bertz CT molecular complexity index is 416. The fourth-order valence-corrected chi connectivity index (χ4v) is 2.71. The smallest absolute Gasteiger partial charge is 0.191 e. The minimum atomic E-state index is 0.606. The molecule has 0 aromatic heterocycles. The van der Waals surface area contributed by atoms with Crippen LogP contribution in [-0.4, -0.2) is 25.6 Å². The van der Waals surface area contributed by atoms with Gasteiger partial charge in [-0.1, -0.05) is 49.1 Å². The van der Waals surface area contributed by atoms with Crippen molar-refractivity contribution in [2.75, 3.05) is 13.6 Å². The molecule has 0 unspecified atom stereocenters. The van der Waals surface area contributed by atoms with Crippen molar-refractivity contribution in [2.24, 2.45) is 4.99 Å². The summed E-state index contributed by atoms with van der Waals surface area (Å²) in [6.45, 7) is 3.05. The summed E-state index contributed by atoms with van der Waals surface area (Å²) in [6, 6.07) is 9.35. The number of guanidine groups is 1. The standard InChI is InChI=1S/C17H27N3/c1-14-8-10-15(11-9-14)12-13-19-17(18-2)20-16-6-4-3-5-7-16/h8-11,16H,3-7,12-13H2,1-2H3,(H2,18,19,20). The Kier molecular flexibility index (Phi) is 5.90. The van der Waals surface area contributed by atoms with Crippen LogP contribution < -0.4 is 10.6 Å². The van der Waals surface area contributed by atoms with Crippen molar-refractivity contribution < 1.29 is 0 Å². The lowest BCUT2D eigenvalue weighted by atomic mass is 9.96. The topological polar surface area (TPSA) is 36.4 Å². The average molecular weight is 273 g/mol. The Labute approximate surface area is 122 Å². The molecular weight excluding hydrogens is 246 g/mol. The van der Waals surface area contributed by atoms with Crippen LogP contribution in [-0.2, 0) is 6.42 Å². The molecule has 110 valence electrons. The Morgan fingerprint density at radius 2 is 1.85 bits per heavy atom. The van der Waals surface area contributed by atoms with Gasteiger partial charge >= 0.3 is 0 Å². The van der Waals surface area contributed by atoms with Crippen LogP contribution in [0.3, 0.4) is 0 Å². The Balaban J connectivity index is 1.72. The summed E-state index contributed by atoms with van der Waals surface area (Å²) >= 11 is 0. The summed E-state index contributed by atoms with van der Waals surface area (Å²) in [4.78, 5) is 4.32. The first kappa shape index (κ1) is 14.9. The van der Waals surface area contributed by atoms with Crippen LogP contribution in [0.4, 0.5) is 0 Å². The molecule has 2 N–H and O–H groups in total. The van der Waals surface area contributed by atoms with E-state index in [0.29, 0.717) is 6.04 Å². The van der Waals surface area contributed by atoms with Crippen LogP contribution in [0.5, 0.6) is 0 Å². The third-order valence-corrected chi connectivity index (χ3v) is 4.00. The molecule has 1 aromatic carbocycles. The lowest BCUT2D eigenvalue weighted by Crippen LogP contribution is -2.44. The molecule has 0 heterocycles. The molecule has 3 heteroatoms. The second-order valence-electron chi connectivity index (χ2n) is 5.71. The summed E-state index contributed by atoms with van der Waals surface area (Å²) in [7, 11) is 1.85. The second kappa shape index (κ2) is 7.93. The average Bonchev–Trinajstić information content (AvgIpc) is 2.49. The van der Waals surface area contributed by atoms with Crippen molar-refractivity contribution in [2.45, 2.75) is 51.5 Å². The van der Waals surface area contributed by atoms with Gasteiger partial charge in [0.05, 0.1) is 0 Å². The number of benzene rings is 1. The van der Waals surface area contributed by atoms with Crippen LogP contribution in [0, 0.1) is 6.92 Å². The normalized spacial score (nSPS) is 17.0. The number of nitrogens with zero attached hydrogens (tertiary/aromatic N) is 1. The van der Waals surface area contributed by atoms with Crippen molar-refractivity contribution in [3.8, 4) is 0 Å². The predicted octanol–water partition coefficient (Wildman–Crippen LogP) is 3.04. The Morgan fingerprint density at radius 1 is 1.15 bits per heavy atom. The van der Waals surface area contributed by atoms with Crippen molar-refractivity contribution >= 4 is 5.96 Å². The highest BCUT2D eigenvalue weighted by Gasteiger charge is 2.14. The fraction of sp³-hybridized carbons (Fsp3) is 0.588. The van der Waals surface area contributed by atoms with E-state index in [1.54, 1.807) is 0 Å². The van der Waals surface area contributed by atoms with Crippen molar-refractivity contribution in [3.05, 3.63) is 35.4 Å². The van der Waals surface area contributed by atoms with Gasteiger partial charge in [-0.3, -0.25) is 4.99 Å². The van der Waals surface area contributed by atoms with E-state index in [2.05, 4.69) is 46.8 Å². The molecule has 0 radical (unpaired) electrons. The maximum absolute atomic E-state index is 4.32. The van der Waals surface area contributed by atoms with E-state index in [1.807, 2.05) is 7.05 Å². The first-order valence-electron chi connectivity index (χ1n) is 7.80. The third-order valence-electron chi connectivity index (χ3n) is 4.00. The Hall–Kier alpha value is -1.51. The van der Waals surface area contributed by atoms with Crippen LogP contribution >= 0.6 is 0 Å². The fourth-order valence-electron chi connectivity index (χ4n) is 2.71. The van der Waals surface area contributed by atoms with Gasteiger partial charge in [-0.05, 0) is 31.7 Å². The molecule has 0 saturated heterocycles. The summed E-state index contributed by atoms with van der Waals surface area (Å²) in [5.41, 5.74) is 2.69. The molecule has 0 amide bonds. The lowest BCUT2D eigenvalue weighted by molar-refractivity contribution is 0.410. The van der Waals surface area contributed by atoms with Gasteiger partial charge < -0.3 is 10.6 Å². The highest BCUT2D eigenvalue weighted by Crippen LogP contribution is 2.17. The SMILES string of the molecule is CN=C(NCCc1ccc(C)cc1)NC1CCCCC1. The molecule has 0 bridgehead atoms. The highest BCUT2D eigenvalue weighted by molar-refractivity contribution is 5.79. The van der Waals surface area contributed by atoms with E-state index in [4.69, 9.17) is 0 Å². The van der Waals surface area contributed by atoms with Gasteiger partial charge in [-0.15, -0.1) is 0 Å². The molecule has 0 spiro atoms. The maximum atomic E-state index is 4.32. The van der Waals surface area contributed by atoms with Gasteiger partial charge in [0, 0.05) is 19.6 Å². The van der Waals surface area contributed by atoms with Gasteiger partial charge in [0.15, 0.2) is 5.96 Å². The number of hydrogen-bond donors (Lipinski definition) is 2. The lowest BCUT2D eigenvalue weighted by Gasteiger charge is -2.24. The Morgan fingerprint density at radius 3 is 2.50 bits per heavy atom. The molecule has 1 aliphatic rings. The zero-order valence-electron chi connectivity index (χ0n) is 12.8. The van der Waals surface area contributed by atoms with Gasteiger partial charge in [0.1, 0.15) is 0 Å². The molecule has 3 nitrogen and oxygen atoms in total. The molecule has 0 aliphatic heterocycles. The van der Waals surface area contributed by atoms with Gasteiger partial charge in [0.25, 0.3) is 0 Å². The van der Waals surface area contributed by atoms with Gasteiger partial charge in [-0.25, -0.2) is 0 Å². The van der Waals surface area contributed by atoms with E-state index in [9.17, 15) is 0 Å². The number of nitrogens with one attached hydrogen (secondary N) is 2. The predicted molar refractivity (Wildman–Crippen MR) is 86.3 cm³/mol. The maximum Gasteiger partial charge on any atom is 0.191 e. The second-order valence-corrected chi connectivity index (χ2v) is 5.71. The molecule has 1 fully saturated rings. The third kappa shape index (κ3) is 4.87. The van der Waals surface area contributed by atoms with Crippen LogP contribution in [0.1, 0.15) is 43.2 Å². The summed E-state index contributed by atoms with van der Waals surface area (Å²) in [5.74, 6) is 0.948. The van der Waals surface area contributed by atoms with Crippen molar-refractivity contribution in [3.63, 3.8) is 0 Å². The number of rotatable bonds is 4. The molecule has 20 heavy (non-hydrogen) atoms. The highest BCUT2D eigenvalue weighted by atomic mass is 15.2. The quantitative estimate of drug-likeness (QED) is 0.653. The summed E-state index contributed by atoms with van der Waals surface area (Å²) < 4.78 is 0. The van der Waals surface area contributed by atoms with Crippen molar-refractivity contribution in [1.82, 2.24) is 10.6 Å². The number of aliphatic imine (C=N–C) groups is 1. The van der Waals surface area contributed by atoms with E-state index < -0.39 is 0 Å². The minimum Gasteiger partial charge on any atom is -0.356 e. The van der Waals surface area contributed by atoms with Crippen molar-refractivity contribution in [1.29, 1.82) is 0 Å². The first-order chi connectivity index (χ1) is 9.78. The minimum absolute atomic E-state index is 0.606. The molecule has 1 saturated carbocycles. The van der Waals surface area contributed by atoms with E-state index in [1.165, 1.54) is 43.2 Å². The number of aryl methyl sites for hydroxylation is 1. The van der Waals surface area contributed by atoms with E-state index >= 15 is 0 Å². The van der Waals surface area contributed by atoms with E-state index in [-0.39, 0.29) is 0 Å². The summed E-state index contributed by atoms with van der Waals surface area (Å²) in [5, 5.41) is 6.96. The first-order valence-corrected chi connectivity index (χ1v) is 7.80. The van der Waals surface area contributed by atoms with Crippen LogP contribution in [0.15, 0.2) is 29.3 Å². The van der Waals surface area contributed by atoms with Crippen LogP contribution in [0.25, 0.3) is 0 Å². The van der Waals surface area contributed by atoms with Crippen LogP contribution in [0.2, 0.25) is 0 Å². The zero-order chi connectivity index (χ0) is 14.2.